The number of nitrogens with one attached hydrogen (secondary N) is 2. The smallest absolute Gasteiger partial charge is 0.306 e. The Hall–Kier alpha value is -2.14. The first-order valence-corrected chi connectivity index (χ1v) is 10.1. The van der Waals surface area contributed by atoms with Crippen molar-refractivity contribution in [1.82, 2.24) is 10.3 Å². The fourth-order valence-electron chi connectivity index (χ4n) is 2.20. The Balaban J connectivity index is 1.70. The van der Waals surface area contributed by atoms with Crippen molar-refractivity contribution in [3.8, 4) is 0 Å². The van der Waals surface area contributed by atoms with Crippen molar-refractivity contribution in [2.24, 2.45) is 0 Å². The second kappa shape index (κ2) is 8.04. The minimum Gasteiger partial charge on any atom is -0.306 e. The van der Waals surface area contributed by atoms with Gasteiger partial charge in [0, 0.05) is 4.47 Å². The number of halogens is 1. The number of hydrogen-bond donors (Lipinski definition) is 3. The highest BCUT2D eigenvalue weighted by Crippen LogP contribution is 2.27. The van der Waals surface area contributed by atoms with E-state index in [2.05, 4.69) is 31.5 Å². The van der Waals surface area contributed by atoms with E-state index in [1.807, 2.05) is 0 Å². The van der Waals surface area contributed by atoms with Gasteiger partial charge in [-0.15, -0.1) is 0 Å². The molecule has 26 heavy (non-hydrogen) atoms. The molecule has 3 aromatic rings. The van der Waals surface area contributed by atoms with Gasteiger partial charge in [0.05, 0.1) is 21.5 Å². The highest BCUT2D eigenvalue weighted by molar-refractivity contribution is 9.10. The van der Waals surface area contributed by atoms with E-state index in [1.165, 1.54) is 11.3 Å². The van der Waals surface area contributed by atoms with E-state index in [1.54, 1.807) is 42.5 Å². The molecule has 2 aromatic carbocycles. The third-order valence-electron chi connectivity index (χ3n) is 3.31. The molecule has 0 fully saturated rings. The van der Waals surface area contributed by atoms with Crippen LogP contribution in [0.1, 0.15) is 15.9 Å². The fourth-order valence-corrected chi connectivity index (χ4v) is 4.05. The standard InChI is InChI=1S/C16H12BrN3O4S2/c17-11-4-2-1-3-10(11)14(21)19-15(22)20-16-18-12-6-5-9(8-26(23)24)7-13(12)25-16/h1-7H,8H2,(H,23,24)(H2,18,19,20,21,22). The van der Waals surface area contributed by atoms with Crippen LogP contribution in [0.25, 0.3) is 10.2 Å². The van der Waals surface area contributed by atoms with Crippen LogP contribution in [0.2, 0.25) is 0 Å². The van der Waals surface area contributed by atoms with Gasteiger partial charge >= 0.3 is 6.03 Å². The Morgan fingerprint density at radius 2 is 2.00 bits per heavy atom. The van der Waals surface area contributed by atoms with Gasteiger partial charge in [-0.2, -0.15) is 0 Å². The van der Waals surface area contributed by atoms with Gasteiger partial charge in [-0.1, -0.05) is 29.5 Å². The lowest BCUT2D eigenvalue weighted by molar-refractivity contribution is 0.0966. The number of aromatic nitrogens is 1. The zero-order chi connectivity index (χ0) is 18.7. The number of fused-ring (bicyclic) bond motifs is 1. The molecular weight excluding hydrogens is 442 g/mol. The van der Waals surface area contributed by atoms with Crippen molar-refractivity contribution in [2.45, 2.75) is 5.75 Å². The predicted molar refractivity (Wildman–Crippen MR) is 105 cm³/mol. The van der Waals surface area contributed by atoms with Gasteiger partial charge in [-0.25, -0.2) is 14.0 Å². The van der Waals surface area contributed by atoms with Gasteiger partial charge < -0.3 is 4.55 Å². The highest BCUT2D eigenvalue weighted by atomic mass is 79.9. The summed E-state index contributed by atoms with van der Waals surface area (Å²) in [6.45, 7) is 0. The highest BCUT2D eigenvalue weighted by Gasteiger charge is 2.14. The number of benzene rings is 2. The van der Waals surface area contributed by atoms with Gasteiger partial charge in [0.25, 0.3) is 5.91 Å². The third kappa shape index (κ3) is 4.52. The molecule has 0 aliphatic rings. The summed E-state index contributed by atoms with van der Waals surface area (Å²) < 4.78 is 21.2. The monoisotopic (exact) mass is 453 g/mol. The molecule has 3 rings (SSSR count). The van der Waals surface area contributed by atoms with Crippen molar-refractivity contribution < 1.29 is 18.4 Å². The number of hydrogen-bond acceptors (Lipinski definition) is 5. The Bertz CT molecular complexity index is 1020. The number of thiazole rings is 1. The molecular formula is C16H12BrN3O4S2. The topological polar surface area (TPSA) is 108 Å². The molecule has 0 bridgehead atoms. The average Bonchev–Trinajstić information content (AvgIpc) is 2.95. The molecule has 0 aliphatic carbocycles. The minimum atomic E-state index is -1.93. The first-order chi connectivity index (χ1) is 12.4. The number of imide groups is 1. The molecule has 0 radical (unpaired) electrons. The maximum atomic E-state index is 12.1. The van der Waals surface area contributed by atoms with Crippen LogP contribution >= 0.6 is 27.3 Å². The van der Waals surface area contributed by atoms with Crippen molar-refractivity contribution in [3.63, 3.8) is 0 Å². The van der Waals surface area contributed by atoms with Gasteiger partial charge in [-0.3, -0.25) is 15.4 Å². The first-order valence-electron chi connectivity index (χ1n) is 7.26. The van der Waals surface area contributed by atoms with Crippen molar-refractivity contribution in [2.75, 3.05) is 5.32 Å². The largest absolute Gasteiger partial charge is 0.327 e. The van der Waals surface area contributed by atoms with E-state index < -0.39 is 23.0 Å². The van der Waals surface area contributed by atoms with Crippen LogP contribution in [0, 0.1) is 0 Å². The first kappa shape index (κ1) is 18.6. The SMILES string of the molecule is O=C(NC(=O)c1ccccc1Br)Nc1nc2ccc(CS(=O)O)cc2s1. The molecule has 1 unspecified atom stereocenters. The van der Waals surface area contributed by atoms with Crippen LogP contribution in [0.4, 0.5) is 9.93 Å². The number of urea groups is 1. The summed E-state index contributed by atoms with van der Waals surface area (Å²) in [6, 6.07) is 11.2. The normalized spacial score (nSPS) is 11.9. The summed E-state index contributed by atoms with van der Waals surface area (Å²) in [5.74, 6) is -0.513. The number of nitrogens with zero attached hydrogens (tertiary/aromatic N) is 1. The summed E-state index contributed by atoms with van der Waals surface area (Å²) >= 11 is 2.54. The van der Waals surface area contributed by atoms with Gasteiger partial charge in [-0.05, 0) is 45.8 Å². The van der Waals surface area contributed by atoms with Crippen molar-refractivity contribution in [3.05, 3.63) is 58.1 Å². The van der Waals surface area contributed by atoms with Crippen LogP contribution in [0.3, 0.4) is 0 Å². The number of carbonyl (C=O) groups is 2. The molecule has 0 aliphatic heterocycles. The lowest BCUT2D eigenvalue weighted by Gasteiger charge is -2.05. The van der Waals surface area contributed by atoms with Crippen LogP contribution in [0.15, 0.2) is 46.9 Å². The number of carbonyl (C=O) groups excluding carboxylic acids is 2. The molecule has 0 spiro atoms. The second-order valence-electron chi connectivity index (χ2n) is 5.18. The Labute approximate surface area is 163 Å². The number of rotatable bonds is 4. The van der Waals surface area contributed by atoms with E-state index in [4.69, 9.17) is 4.55 Å². The van der Waals surface area contributed by atoms with Gasteiger partial charge in [0.1, 0.15) is 0 Å². The molecule has 134 valence electrons. The minimum absolute atomic E-state index is 0.0253. The van der Waals surface area contributed by atoms with Crippen LogP contribution in [-0.4, -0.2) is 25.7 Å². The average molecular weight is 454 g/mol. The molecule has 3 amide bonds. The van der Waals surface area contributed by atoms with Crippen molar-refractivity contribution >= 4 is 65.6 Å². The summed E-state index contributed by atoms with van der Waals surface area (Å²) in [7, 11) is 0. The lowest BCUT2D eigenvalue weighted by Crippen LogP contribution is -2.34. The maximum absolute atomic E-state index is 12.1. The third-order valence-corrected chi connectivity index (χ3v) is 5.51. The molecule has 1 atom stereocenters. The molecule has 1 aromatic heterocycles. The van der Waals surface area contributed by atoms with E-state index in [9.17, 15) is 13.8 Å². The molecule has 3 N–H and O–H groups in total. The molecule has 0 saturated carbocycles. The molecule has 1 heterocycles. The van der Waals surface area contributed by atoms with Crippen LogP contribution in [0.5, 0.6) is 0 Å². The Kier molecular flexibility index (Phi) is 5.77. The summed E-state index contributed by atoms with van der Waals surface area (Å²) in [6.07, 6.45) is 0. The fraction of sp³-hybridized carbons (Fsp3) is 0.0625. The summed E-state index contributed by atoms with van der Waals surface area (Å²) in [4.78, 5) is 28.4. The second-order valence-corrected chi connectivity index (χ2v) is 7.99. The number of anilines is 1. The zero-order valence-electron chi connectivity index (χ0n) is 13.1. The molecule has 10 heteroatoms. The van der Waals surface area contributed by atoms with Crippen molar-refractivity contribution in [1.29, 1.82) is 0 Å². The van der Waals surface area contributed by atoms with Gasteiger partial charge in [0.15, 0.2) is 16.2 Å². The summed E-state index contributed by atoms with van der Waals surface area (Å²) in [5.41, 5.74) is 1.69. The summed E-state index contributed by atoms with van der Waals surface area (Å²) in [5, 5.41) is 5.08. The Morgan fingerprint density at radius 1 is 1.23 bits per heavy atom. The van der Waals surface area contributed by atoms with Crippen LogP contribution in [-0.2, 0) is 16.8 Å². The van der Waals surface area contributed by atoms with E-state index in [-0.39, 0.29) is 5.75 Å². The van der Waals surface area contributed by atoms with Gasteiger partial charge in [0.2, 0.25) is 0 Å². The number of amides is 3. The molecule has 0 saturated heterocycles. The Morgan fingerprint density at radius 3 is 2.73 bits per heavy atom. The van der Waals surface area contributed by atoms with Crippen LogP contribution < -0.4 is 10.6 Å². The maximum Gasteiger partial charge on any atom is 0.327 e. The van der Waals surface area contributed by atoms with E-state index in [0.717, 1.165) is 4.70 Å². The lowest BCUT2D eigenvalue weighted by atomic mass is 10.2. The predicted octanol–water partition coefficient (Wildman–Crippen LogP) is 3.74. The van der Waals surface area contributed by atoms with E-state index >= 15 is 0 Å². The van der Waals surface area contributed by atoms with E-state index in [0.29, 0.717) is 26.2 Å². The quantitative estimate of drug-likeness (QED) is 0.521. The molecule has 7 nitrogen and oxygen atoms in total. The zero-order valence-corrected chi connectivity index (χ0v) is 16.3.